The molecule has 17 heavy (non-hydrogen) atoms. The number of hydrogen-bond acceptors (Lipinski definition) is 7. The third-order valence-electron chi connectivity index (χ3n) is 1.43. The molecule has 0 fully saturated rings. The van der Waals surface area contributed by atoms with Crippen molar-refractivity contribution in [2.75, 3.05) is 33.8 Å². The van der Waals surface area contributed by atoms with Crippen LogP contribution in [0, 0.1) is 0 Å². The molecular weight excluding hydrogens is 249 g/mol. The Morgan fingerprint density at radius 3 is 2.82 bits per heavy atom. The summed E-state index contributed by atoms with van der Waals surface area (Å²) in [5.74, 6) is 0. The third kappa shape index (κ3) is 12.0. The highest BCUT2D eigenvalue weighted by Crippen LogP contribution is 2.14. The van der Waals surface area contributed by atoms with Gasteiger partial charge in [0.1, 0.15) is 26.2 Å². The fourth-order valence-electron chi connectivity index (χ4n) is 0.777. The smallest absolute Gasteiger partial charge is 0.194 e. The van der Waals surface area contributed by atoms with E-state index in [1.807, 2.05) is 6.92 Å². The van der Waals surface area contributed by atoms with E-state index in [2.05, 4.69) is 9.56 Å². The lowest BCUT2D eigenvalue weighted by atomic mass is 10.4. The molecule has 8 heteroatoms. The zero-order valence-electron chi connectivity index (χ0n) is 10.1. The van der Waals surface area contributed by atoms with E-state index in [-0.39, 0.29) is 28.7 Å². The lowest BCUT2D eigenvalue weighted by molar-refractivity contribution is -0.202. The van der Waals surface area contributed by atoms with Crippen molar-refractivity contribution in [2.45, 2.75) is 13.0 Å². The van der Waals surface area contributed by atoms with Gasteiger partial charge in [-0.2, -0.15) is 4.67 Å². The number of methoxy groups -OCH3 is 1. The summed E-state index contributed by atoms with van der Waals surface area (Å²) in [7, 11) is 1.29. The Morgan fingerprint density at radius 1 is 1.35 bits per heavy atom. The second kappa shape index (κ2) is 13.8. The summed E-state index contributed by atoms with van der Waals surface area (Å²) in [5.41, 5.74) is 5.05. The summed E-state index contributed by atoms with van der Waals surface area (Å²) in [6.45, 7) is 2.71. The molecule has 0 aliphatic rings. The van der Waals surface area contributed by atoms with Gasteiger partial charge in [0.2, 0.25) is 0 Å². The van der Waals surface area contributed by atoms with Crippen molar-refractivity contribution in [1.82, 2.24) is 0 Å². The van der Waals surface area contributed by atoms with Crippen molar-refractivity contribution in [3.63, 3.8) is 0 Å². The van der Waals surface area contributed by atoms with Crippen molar-refractivity contribution in [2.24, 2.45) is 5.73 Å². The summed E-state index contributed by atoms with van der Waals surface area (Å²) in [6, 6.07) is 0. The molecule has 102 valence electrons. The van der Waals surface area contributed by atoms with E-state index < -0.39 is 0 Å². The lowest BCUT2D eigenvalue weighted by Gasteiger charge is -2.16. The quantitative estimate of drug-likeness (QED) is 0.141. The van der Waals surface area contributed by atoms with Crippen LogP contribution < -0.4 is 5.73 Å². The van der Waals surface area contributed by atoms with Gasteiger partial charge in [-0.1, -0.05) is 6.08 Å². The van der Waals surface area contributed by atoms with Gasteiger partial charge >= 0.3 is 0 Å². The van der Waals surface area contributed by atoms with E-state index in [1.165, 1.54) is 0 Å². The first-order valence-electron chi connectivity index (χ1n) is 5.03. The summed E-state index contributed by atoms with van der Waals surface area (Å²) in [6.07, 6.45) is 3.13. The minimum atomic E-state index is -0.254. The minimum Gasteiger partial charge on any atom is -0.499 e. The van der Waals surface area contributed by atoms with Crippen molar-refractivity contribution in [1.29, 1.82) is 0 Å². The van der Waals surface area contributed by atoms with Gasteiger partial charge in [-0.05, 0) is 6.92 Å². The Kier molecular flexibility index (Phi) is 13.6. The molecule has 0 heterocycles. The molecule has 0 aromatic carbocycles. The summed E-state index contributed by atoms with van der Waals surface area (Å²) in [4.78, 5) is 4.45. The van der Waals surface area contributed by atoms with Crippen molar-refractivity contribution in [3.8, 4) is 0 Å². The van der Waals surface area contributed by atoms with E-state index in [4.69, 9.17) is 24.5 Å². The molecule has 0 bridgehead atoms. The first-order chi connectivity index (χ1) is 8.35. The van der Waals surface area contributed by atoms with Crippen LogP contribution in [0.4, 0.5) is 0 Å². The monoisotopic (exact) mass is 269 g/mol. The van der Waals surface area contributed by atoms with Gasteiger partial charge in [0.25, 0.3) is 0 Å². The van der Waals surface area contributed by atoms with Gasteiger partial charge in [0, 0.05) is 7.11 Å². The van der Waals surface area contributed by atoms with E-state index >= 15 is 0 Å². The van der Waals surface area contributed by atoms with Gasteiger partial charge in [-0.3, -0.25) is 0 Å². The second-order valence-corrected chi connectivity index (χ2v) is 3.38. The number of allylic oxidation sites excluding steroid dienone is 1. The maximum atomic E-state index is 5.32. The molecule has 0 aliphatic carbocycles. The first kappa shape index (κ1) is 16.7. The molecule has 0 aliphatic heterocycles. The molecule has 0 amide bonds. The predicted molar refractivity (Wildman–Crippen MR) is 63.0 cm³/mol. The molecule has 0 radical (unpaired) electrons. The van der Waals surface area contributed by atoms with Crippen LogP contribution in [-0.2, 0) is 28.3 Å². The molecule has 0 spiro atoms. The van der Waals surface area contributed by atoms with E-state index in [9.17, 15) is 0 Å². The molecule has 7 nitrogen and oxygen atoms in total. The minimum absolute atomic E-state index is 0.00955. The highest BCUT2D eigenvalue weighted by Gasteiger charge is 2.10. The first-order valence-corrected chi connectivity index (χ1v) is 5.85. The van der Waals surface area contributed by atoms with Gasteiger partial charge in [-0.25, -0.2) is 4.89 Å². The van der Waals surface area contributed by atoms with Crippen LogP contribution in [-0.4, -0.2) is 40.0 Å². The van der Waals surface area contributed by atoms with Crippen LogP contribution in [0.3, 0.4) is 0 Å². The Labute approximate surface area is 103 Å². The van der Waals surface area contributed by atoms with Crippen molar-refractivity contribution >= 4 is 9.03 Å². The van der Waals surface area contributed by atoms with Crippen LogP contribution in [0.25, 0.3) is 0 Å². The van der Waals surface area contributed by atoms with Crippen LogP contribution >= 0.6 is 9.03 Å². The number of hydrogen-bond donors (Lipinski definition) is 1. The fourth-order valence-corrected chi connectivity index (χ4v) is 1.20. The SMILES string of the molecule is CC=COCC(COPOOCN)OCOC. The largest absolute Gasteiger partial charge is 0.499 e. The lowest BCUT2D eigenvalue weighted by Crippen LogP contribution is -2.24. The van der Waals surface area contributed by atoms with Crippen molar-refractivity contribution in [3.05, 3.63) is 12.3 Å². The molecular formula is C9H20NO6P. The second-order valence-electron chi connectivity index (χ2n) is 2.76. The zero-order valence-corrected chi connectivity index (χ0v) is 11.1. The average Bonchev–Trinajstić information content (AvgIpc) is 2.35. The van der Waals surface area contributed by atoms with Crippen LogP contribution in [0.1, 0.15) is 6.92 Å². The van der Waals surface area contributed by atoms with E-state index in [0.717, 1.165) is 0 Å². The molecule has 0 aromatic rings. The van der Waals surface area contributed by atoms with Crippen LogP contribution in [0.5, 0.6) is 0 Å². The molecule has 2 unspecified atom stereocenters. The zero-order chi connectivity index (χ0) is 12.8. The molecule has 0 aromatic heterocycles. The summed E-state index contributed by atoms with van der Waals surface area (Å²) < 4.78 is 25.1. The normalized spacial score (nSPS) is 13.8. The highest BCUT2D eigenvalue weighted by molar-refractivity contribution is 7.26. The molecule has 0 saturated carbocycles. The van der Waals surface area contributed by atoms with Gasteiger partial charge in [0.05, 0.1) is 12.9 Å². The maximum absolute atomic E-state index is 5.32. The molecule has 2 atom stereocenters. The standard InChI is InChI=1S/C9H20NO6P/c1-3-4-12-5-9(13-8-11-2)6-15-17-16-14-7-10/h3-4,9,17H,5-8,10H2,1-2H3. The predicted octanol–water partition coefficient (Wildman–Crippen LogP) is 0.915. The van der Waals surface area contributed by atoms with Crippen molar-refractivity contribution < 1.29 is 28.3 Å². The highest BCUT2D eigenvalue weighted by atomic mass is 31.1. The van der Waals surface area contributed by atoms with Crippen LogP contribution in [0.15, 0.2) is 12.3 Å². The topological polar surface area (TPSA) is 81.4 Å². The average molecular weight is 269 g/mol. The van der Waals surface area contributed by atoms with E-state index in [0.29, 0.717) is 13.2 Å². The molecule has 2 N–H and O–H groups in total. The van der Waals surface area contributed by atoms with E-state index in [1.54, 1.807) is 19.4 Å². The Balaban J connectivity index is 3.60. The Hall–Kier alpha value is -0.270. The fraction of sp³-hybridized carbons (Fsp3) is 0.778. The van der Waals surface area contributed by atoms with Crippen LogP contribution in [0.2, 0.25) is 0 Å². The number of ether oxygens (including phenoxy) is 3. The maximum Gasteiger partial charge on any atom is 0.194 e. The number of rotatable bonds is 12. The third-order valence-corrected chi connectivity index (χ3v) is 1.90. The summed E-state index contributed by atoms with van der Waals surface area (Å²) >= 11 is 0. The van der Waals surface area contributed by atoms with Gasteiger partial charge < -0.3 is 24.5 Å². The Bertz CT molecular complexity index is 183. The summed E-state index contributed by atoms with van der Waals surface area (Å²) in [5, 5.41) is 0. The molecule has 0 saturated heterocycles. The van der Waals surface area contributed by atoms with Gasteiger partial charge in [0.15, 0.2) is 9.03 Å². The molecule has 0 rings (SSSR count). The van der Waals surface area contributed by atoms with Gasteiger partial charge in [-0.15, -0.1) is 0 Å². The Morgan fingerprint density at radius 2 is 2.18 bits per heavy atom. The number of nitrogens with two attached hydrogens (primary N) is 1.